The number of nitrogens with two attached hydrogens (primary N) is 1. The smallest absolute Gasteiger partial charge is 0.337 e. The summed E-state index contributed by atoms with van der Waals surface area (Å²) in [5.41, 5.74) is 10.1. The van der Waals surface area contributed by atoms with Crippen LogP contribution in [0.25, 0.3) is 0 Å². The second kappa shape index (κ2) is 9.26. The first-order valence-electron chi connectivity index (χ1n) is 13.5. The van der Waals surface area contributed by atoms with E-state index in [-0.39, 0.29) is 17.8 Å². The highest BCUT2D eigenvalue weighted by Gasteiger charge is 2.55. The molecule has 2 heterocycles. The zero-order valence-corrected chi connectivity index (χ0v) is 22.9. The van der Waals surface area contributed by atoms with Crippen LogP contribution in [0.4, 0.5) is 10.7 Å². The number of hydrogen-bond donors (Lipinski definition) is 2. The van der Waals surface area contributed by atoms with E-state index >= 15 is 0 Å². The summed E-state index contributed by atoms with van der Waals surface area (Å²) in [4.78, 5) is 40.1. The predicted molar refractivity (Wildman–Crippen MR) is 146 cm³/mol. The molecule has 7 rings (SSSR count). The van der Waals surface area contributed by atoms with Gasteiger partial charge in [-0.15, -0.1) is 11.3 Å². The highest BCUT2D eigenvalue weighted by molar-refractivity contribution is 7.19. The van der Waals surface area contributed by atoms with E-state index in [0.29, 0.717) is 45.2 Å². The lowest BCUT2D eigenvalue weighted by molar-refractivity contribution is -0.138. The minimum absolute atomic E-state index is 0.186. The van der Waals surface area contributed by atoms with Crippen molar-refractivity contribution in [2.75, 3.05) is 24.8 Å². The number of nitrogens with one attached hydrogen (secondary N) is 1. The second-order valence-corrected chi connectivity index (χ2v) is 12.6. The molecule has 7 nitrogen and oxygen atoms in total. The van der Waals surface area contributed by atoms with Gasteiger partial charge in [-0.1, -0.05) is 12.1 Å². The SMILES string of the molecule is CCOC(=O)C1=C(C)Nc2sc(C(=O)C34CC5CC(CC(C5)C3)C4)c(N)c2C1c1ccc(C(=O)OC)cc1. The maximum Gasteiger partial charge on any atom is 0.337 e. The van der Waals surface area contributed by atoms with E-state index < -0.39 is 17.9 Å². The summed E-state index contributed by atoms with van der Waals surface area (Å²) >= 11 is 1.41. The van der Waals surface area contributed by atoms with Crippen LogP contribution < -0.4 is 11.1 Å². The van der Waals surface area contributed by atoms with Crippen LogP contribution >= 0.6 is 11.3 Å². The zero-order valence-electron chi connectivity index (χ0n) is 22.1. The number of esters is 2. The molecule has 4 aliphatic carbocycles. The van der Waals surface area contributed by atoms with Gasteiger partial charge in [0.05, 0.1) is 40.4 Å². The van der Waals surface area contributed by atoms with Gasteiger partial charge >= 0.3 is 11.9 Å². The Labute approximate surface area is 226 Å². The monoisotopic (exact) mass is 534 g/mol. The van der Waals surface area contributed by atoms with E-state index in [0.717, 1.165) is 35.4 Å². The van der Waals surface area contributed by atoms with Gasteiger partial charge in [0.2, 0.25) is 0 Å². The lowest BCUT2D eigenvalue weighted by Crippen LogP contribution is -2.50. The van der Waals surface area contributed by atoms with Crippen molar-refractivity contribution in [3.8, 4) is 0 Å². The predicted octanol–water partition coefficient (Wildman–Crippen LogP) is 5.91. The molecule has 4 saturated carbocycles. The highest BCUT2D eigenvalue weighted by atomic mass is 32.1. The van der Waals surface area contributed by atoms with Gasteiger partial charge in [0.1, 0.15) is 0 Å². The minimum Gasteiger partial charge on any atom is -0.465 e. The third kappa shape index (κ3) is 3.87. The van der Waals surface area contributed by atoms with E-state index in [1.54, 1.807) is 19.1 Å². The van der Waals surface area contributed by atoms with Gasteiger partial charge in [-0.25, -0.2) is 9.59 Å². The molecule has 0 saturated heterocycles. The summed E-state index contributed by atoms with van der Waals surface area (Å²) in [5.74, 6) is 0.762. The van der Waals surface area contributed by atoms with Crippen LogP contribution in [0.1, 0.15) is 89.4 Å². The Kier molecular flexibility index (Phi) is 6.13. The fourth-order valence-corrected chi connectivity index (χ4v) is 9.25. The molecular weight excluding hydrogens is 500 g/mol. The molecule has 0 spiro atoms. The van der Waals surface area contributed by atoms with Gasteiger partial charge in [0.25, 0.3) is 0 Å². The topological polar surface area (TPSA) is 108 Å². The normalized spacial score (nSPS) is 29.0. The number of Topliss-reactive ketones (excluding diaryl/α,β-unsaturated/α-hetero) is 1. The van der Waals surface area contributed by atoms with Crippen molar-refractivity contribution in [1.82, 2.24) is 0 Å². The second-order valence-electron chi connectivity index (χ2n) is 11.5. The average molecular weight is 535 g/mol. The summed E-state index contributed by atoms with van der Waals surface area (Å²) < 4.78 is 10.3. The molecular formula is C30H34N2O5S. The van der Waals surface area contributed by atoms with Gasteiger partial charge in [-0.3, -0.25) is 4.79 Å². The third-order valence-corrected chi connectivity index (χ3v) is 10.3. The van der Waals surface area contributed by atoms with Crippen molar-refractivity contribution in [1.29, 1.82) is 0 Å². The summed E-state index contributed by atoms with van der Waals surface area (Å²) in [5, 5.41) is 4.16. The first kappa shape index (κ1) is 25.2. The molecule has 2 aromatic rings. The van der Waals surface area contributed by atoms with E-state index in [1.807, 2.05) is 19.1 Å². The lowest BCUT2D eigenvalue weighted by atomic mass is 9.48. The number of hydrogen-bond acceptors (Lipinski definition) is 8. The van der Waals surface area contributed by atoms with Gasteiger partial charge in [-0.05, 0) is 87.8 Å². The maximum atomic E-state index is 14.3. The van der Waals surface area contributed by atoms with Gasteiger partial charge in [0, 0.05) is 22.6 Å². The number of rotatable bonds is 6. The number of nitrogen functional groups attached to an aromatic ring is 1. The molecule has 200 valence electrons. The van der Waals surface area contributed by atoms with E-state index in [2.05, 4.69) is 5.32 Å². The quantitative estimate of drug-likeness (QED) is 0.350. The summed E-state index contributed by atoms with van der Waals surface area (Å²) in [6.45, 7) is 3.86. The molecule has 5 aliphatic rings. The Morgan fingerprint density at radius 2 is 1.63 bits per heavy atom. The number of fused-ring (bicyclic) bond motifs is 1. The van der Waals surface area contributed by atoms with Crippen molar-refractivity contribution in [2.24, 2.45) is 23.2 Å². The first-order valence-corrected chi connectivity index (χ1v) is 14.4. The van der Waals surface area contributed by atoms with E-state index in [1.165, 1.54) is 37.7 Å². The molecule has 1 atom stereocenters. The summed E-state index contributed by atoms with van der Waals surface area (Å²) in [7, 11) is 1.34. The number of methoxy groups -OCH3 is 1. The number of carbonyl (C=O) groups excluding carboxylic acids is 3. The van der Waals surface area contributed by atoms with E-state index in [4.69, 9.17) is 15.2 Å². The number of thiophene rings is 1. The molecule has 1 aromatic carbocycles. The number of allylic oxidation sites excluding steroid dienone is 1. The summed E-state index contributed by atoms with van der Waals surface area (Å²) in [6, 6.07) is 7.00. The Morgan fingerprint density at radius 3 is 2.18 bits per heavy atom. The number of ketones is 1. The van der Waals surface area contributed by atoms with Crippen molar-refractivity contribution >= 4 is 39.7 Å². The Hall–Kier alpha value is -3.13. The van der Waals surface area contributed by atoms with Crippen LogP contribution in [0.5, 0.6) is 0 Å². The van der Waals surface area contributed by atoms with Crippen molar-refractivity contribution in [3.05, 3.63) is 57.1 Å². The number of carbonyl (C=O) groups is 3. The largest absolute Gasteiger partial charge is 0.465 e. The molecule has 3 N–H and O–H groups in total. The van der Waals surface area contributed by atoms with Crippen LogP contribution in [-0.4, -0.2) is 31.4 Å². The molecule has 4 bridgehead atoms. The number of ether oxygens (including phenoxy) is 2. The Balaban J connectivity index is 1.44. The molecule has 4 fully saturated rings. The molecule has 38 heavy (non-hydrogen) atoms. The van der Waals surface area contributed by atoms with Crippen molar-refractivity contribution in [3.63, 3.8) is 0 Å². The number of benzene rings is 1. The van der Waals surface area contributed by atoms with Gasteiger partial charge in [-0.2, -0.15) is 0 Å². The molecule has 8 heteroatoms. The molecule has 1 aromatic heterocycles. The Bertz CT molecular complexity index is 1320. The van der Waals surface area contributed by atoms with Gasteiger partial charge < -0.3 is 20.5 Å². The van der Waals surface area contributed by atoms with Crippen molar-refractivity contribution in [2.45, 2.75) is 58.3 Å². The number of anilines is 2. The third-order valence-electron chi connectivity index (χ3n) is 9.15. The maximum absolute atomic E-state index is 14.3. The standard InChI is InChI=1S/C30H34N2O5S/c1-4-37-29(35)21-15(2)32-27-23(22(21)19-5-7-20(8-6-19)28(34)36-3)24(31)25(38-27)26(33)30-12-16-9-17(13-30)11-18(10-16)14-30/h5-8,16-18,22,32H,4,9-14,31H2,1-3H3. The molecule has 1 aliphatic heterocycles. The fraction of sp³-hybridized carbons (Fsp3) is 0.500. The summed E-state index contributed by atoms with van der Waals surface area (Å²) in [6.07, 6.45) is 6.70. The van der Waals surface area contributed by atoms with Crippen LogP contribution in [0.15, 0.2) is 35.5 Å². The van der Waals surface area contributed by atoms with Crippen LogP contribution in [0, 0.1) is 23.2 Å². The van der Waals surface area contributed by atoms with Crippen molar-refractivity contribution < 1.29 is 23.9 Å². The molecule has 0 amide bonds. The van der Waals surface area contributed by atoms with Crippen LogP contribution in [-0.2, 0) is 14.3 Å². The molecule has 0 radical (unpaired) electrons. The Morgan fingerprint density at radius 1 is 1.03 bits per heavy atom. The molecule has 1 unspecified atom stereocenters. The van der Waals surface area contributed by atoms with Crippen LogP contribution in [0.2, 0.25) is 0 Å². The highest BCUT2D eigenvalue weighted by Crippen LogP contribution is 2.62. The van der Waals surface area contributed by atoms with Gasteiger partial charge in [0.15, 0.2) is 5.78 Å². The fourth-order valence-electron chi connectivity index (χ4n) is 7.98. The zero-order chi connectivity index (χ0) is 26.8. The first-order chi connectivity index (χ1) is 18.2. The van der Waals surface area contributed by atoms with E-state index in [9.17, 15) is 14.4 Å². The minimum atomic E-state index is -0.522. The average Bonchev–Trinajstić information content (AvgIpc) is 3.21. The van der Waals surface area contributed by atoms with Crippen LogP contribution in [0.3, 0.4) is 0 Å². The lowest BCUT2D eigenvalue weighted by Gasteiger charge is -2.55.